The van der Waals surface area contributed by atoms with Crippen LogP contribution in [0.1, 0.15) is 22.3 Å². The molecular weight excluding hydrogens is 378 g/mol. The minimum Gasteiger partial charge on any atom is -0.298 e. The highest BCUT2D eigenvalue weighted by atomic mass is 15.0. The summed E-state index contributed by atoms with van der Waals surface area (Å²) in [6, 6.07) is 22.4. The third-order valence-corrected chi connectivity index (χ3v) is 7.15. The van der Waals surface area contributed by atoms with Crippen molar-refractivity contribution < 1.29 is 0 Å². The van der Waals surface area contributed by atoms with Crippen molar-refractivity contribution in [1.29, 1.82) is 0 Å². The highest BCUT2D eigenvalue weighted by Crippen LogP contribution is 2.48. The fourth-order valence-electron chi connectivity index (χ4n) is 5.85. The van der Waals surface area contributed by atoms with Crippen molar-refractivity contribution in [2.45, 2.75) is 12.8 Å². The molecule has 0 saturated heterocycles. The Morgan fingerprint density at radius 3 is 2.65 bits per heavy atom. The first-order valence-corrected chi connectivity index (χ1v) is 10.8. The number of hydrogen-bond donors (Lipinski definition) is 0. The van der Waals surface area contributed by atoms with Gasteiger partial charge in [0.2, 0.25) is 0 Å². The van der Waals surface area contributed by atoms with E-state index in [-0.39, 0.29) is 0 Å². The predicted molar refractivity (Wildman–Crippen MR) is 124 cm³/mol. The molecule has 0 N–H and O–H groups in total. The van der Waals surface area contributed by atoms with E-state index in [1.54, 1.807) is 0 Å². The van der Waals surface area contributed by atoms with Gasteiger partial charge in [0.1, 0.15) is 5.65 Å². The van der Waals surface area contributed by atoms with Crippen LogP contribution in [0.3, 0.4) is 0 Å². The average Bonchev–Trinajstić information content (AvgIpc) is 3.52. The van der Waals surface area contributed by atoms with E-state index in [1.807, 2.05) is 24.7 Å². The van der Waals surface area contributed by atoms with Crippen molar-refractivity contribution >= 4 is 27.5 Å². The second kappa shape index (κ2) is 5.38. The van der Waals surface area contributed by atoms with Crippen molar-refractivity contribution in [3.8, 4) is 22.3 Å². The number of rotatable bonds is 0. The van der Waals surface area contributed by atoms with E-state index in [4.69, 9.17) is 9.97 Å². The Kier molecular flexibility index (Phi) is 2.74. The van der Waals surface area contributed by atoms with Gasteiger partial charge in [-0.05, 0) is 81.6 Å². The third-order valence-electron chi connectivity index (χ3n) is 7.15. The largest absolute Gasteiger partial charge is 0.298 e. The van der Waals surface area contributed by atoms with Gasteiger partial charge in [-0.2, -0.15) is 0 Å². The summed E-state index contributed by atoms with van der Waals surface area (Å²) in [5.41, 5.74) is 14.5. The summed E-state index contributed by atoms with van der Waals surface area (Å²) >= 11 is 0. The fraction of sp³-hybridized carbons (Fsp3) is 0.0714. The molecule has 144 valence electrons. The smallest absolute Gasteiger partial charge is 0.145 e. The fourth-order valence-corrected chi connectivity index (χ4v) is 5.85. The van der Waals surface area contributed by atoms with Gasteiger partial charge in [0.05, 0.1) is 11.0 Å². The zero-order valence-electron chi connectivity index (χ0n) is 16.8. The number of aromatic nitrogens is 3. The molecule has 0 spiro atoms. The van der Waals surface area contributed by atoms with Crippen molar-refractivity contribution in [3.05, 3.63) is 102 Å². The first-order chi connectivity index (χ1) is 15.4. The molecular formula is C28H17N3. The first-order valence-electron chi connectivity index (χ1n) is 10.8. The molecule has 0 saturated carbocycles. The maximum absolute atomic E-state index is 4.75. The molecule has 0 atom stereocenters. The lowest BCUT2D eigenvalue weighted by molar-refractivity contribution is 1.23. The van der Waals surface area contributed by atoms with Gasteiger partial charge in [0, 0.05) is 29.4 Å². The van der Waals surface area contributed by atoms with Crippen LogP contribution in [-0.4, -0.2) is 14.4 Å². The third kappa shape index (κ3) is 1.89. The molecule has 31 heavy (non-hydrogen) atoms. The van der Waals surface area contributed by atoms with Gasteiger partial charge in [-0.1, -0.05) is 36.4 Å². The van der Waals surface area contributed by atoms with Crippen molar-refractivity contribution in [3.63, 3.8) is 0 Å². The second-order valence-electron chi connectivity index (χ2n) is 8.68. The molecule has 2 aliphatic rings. The van der Waals surface area contributed by atoms with Crippen LogP contribution in [0, 0.1) is 0 Å². The molecule has 0 amide bonds. The first kappa shape index (κ1) is 15.8. The summed E-state index contributed by atoms with van der Waals surface area (Å²) in [4.78, 5) is 9.47. The molecule has 0 radical (unpaired) electrons. The van der Waals surface area contributed by atoms with Gasteiger partial charge < -0.3 is 0 Å². The Bertz CT molecular complexity index is 1740. The lowest BCUT2D eigenvalue weighted by Gasteiger charge is -2.12. The van der Waals surface area contributed by atoms with Crippen LogP contribution in [0.15, 0.2) is 79.3 Å². The average molecular weight is 395 g/mol. The van der Waals surface area contributed by atoms with E-state index in [2.05, 4.69) is 59.0 Å². The molecule has 3 heterocycles. The SMILES string of the molecule is c1ccc2c(c1)Cc1c-2ccc2c1-c1cc3c(cc1C2)c1ncccc1n1ccnc31. The Morgan fingerprint density at radius 1 is 0.677 bits per heavy atom. The molecule has 2 aliphatic carbocycles. The number of benzene rings is 3. The van der Waals surface area contributed by atoms with Gasteiger partial charge in [0.15, 0.2) is 0 Å². The Hall–Kier alpha value is -3.98. The monoisotopic (exact) mass is 395 g/mol. The molecule has 3 aromatic carbocycles. The van der Waals surface area contributed by atoms with Crippen LogP contribution in [0.25, 0.3) is 49.7 Å². The predicted octanol–water partition coefficient (Wildman–Crippen LogP) is 6.18. The number of nitrogens with zero attached hydrogens (tertiary/aromatic N) is 3. The normalized spacial score (nSPS) is 13.5. The maximum atomic E-state index is 4.75. The van der Waals surface area contributed by atoms with Crippen LogP contribution in [0.5, 0.6) is 0 Å². The Balaban J connectivity index is 1.48. The van der Waals surface area contributed by atoms with E-state index < -0.39 is 0 Å². The minimum absolute atomic E-state index is 0.984. The van der Waals surface area contributed by atoms with Crippen LogP contribution >= 0.6 is 0 Å². The van der Waals surface area contributed by atoms with E-state index in [0.29, 0.717) is 0 Å². The van der Waals surface area contributed by atoms with Gasteiger partial charge >= 0.3 is 0 Å². The van der Waals surface area contributed by atoms with Crippen molar-refractivity contribution in [2.75, 3.05) is 0 Å². The summed E-state index contributed by atoms with van der Waals surface area (Å²) < 4.78 is 2.16. The molecule has 3 heteroatoms. The second-order valence-corrected chi connectivity index (χ2v) is 8.68. The van der Waals surface area contributed by atoms with Gasteiger partial charge in [-0.15, -0.1) is 0 Å². The van der Waals surface area contributed by atoms with Crippen molar-refractivity contribution in [1.82, 2.24) is 14.4 Å². The summed E-state index contributed by atoms with van der Waals surface area (Å²) in [5.74, 6) is 0. The quantitative estimate of drug-likeness (QED) is 0.287. The number of pyridine rings is 2. The van der Waals surface area contributed by atoms with Gasteiger partial charge in [0.25, 0.3) is 0 Å². The van der Waals surface area contributed by atoms with E-state index in [1.165, 1.54) is 55.3 Å². The minimum atomic E-state index is 0.984. The molecule has 0 bridgehead atoms. The van der Waals surface area contributed by atoms with E-state index in [0.717, 1.165) is 29.5 Å². The number of hydrogen-bond acceptors (Lipinski definition) is 2. The van der Waals surface area contributed by atoms with Gasteiger partial charge in [-0.3, -0.25) is 9.38 Å². The summed E-state index contributed by atoms with van der Waals surface area (Å²) in [7, 11) is 0. The maximum Gasteiger partial charge on any atom is 0.145 e. The molecule has 3 nitrogen and oxygen atoms in total. The van der Waals surface area contributed by atoms with Crippen LogP contribution in [-0.2, 0) is 12.8 Å². The molecule has 0 aliphatic heterocycles. The number of imidazole rings is 1. The highest BCUT2D eigenvalue weighted by Gasteiger charge is 2.29. The molecule has 0 unspecified atom stereocenters. The standard InChI is InChI=1S/C28H17N3/c1-2-5-19-16(4-1)13-22-20(19)8-7-17-12-18-14-23-24(15-21(18)26(17)22)28-30-10-11-31(28)25-6-3-9-29-27(23)25/h1-11,14-15H,12-13H2. The van der Waals surface area contributed by atoms with E-state index in [9.17, 15) is 0 Å². The highest BCUT2D eigenvalue weighted by molar-refractivity contribution is 6.12. The molecule has 8 rings (SSSR count). The lowest BCUT2D eigenvalue weighted by Crippen LogP contribution is -1.94. The molecule has 0 fully saturated rings. The molecule has 3 aromatic heterocycles. The Morgan fingerprint density at radius 2 is 1.65 bits per heavy atom. The zero-order valence-corrected chi connectivity index (χ0v) is 16.8. The summed E-state index contributed by atoms with van der Waals surface area (Å²) in [6.07, 6.45) is 7.81. The molecule has 6 aromatic rings. The lowest BCUT2D eigenvalue weighted by atomic mass is 9.94. The number of fused-ring (bicyclic) bond motifs is 13. The topological polar surface area (TPSA) is 30.2 Å². The van der Waals surface area contributed by atoms with Gasteiger partial charge in [-0.25, -0.2) is 4.98 Å². The Labute approximate surface area is 178 Å². The van der Waals surface area contributed by atoms with Crippen LogP contribution < -0.4 is 0 Å². The van der Waals surface area contributed by atoms with E-state index >= 15 is 0 Å². The van der Waals surface area contributed by atoms with Crippen LogP contribution in [0.4, 0.5) is 0 Å². The zero-order chi connectivity index (χ0) is 20.1. The summed E-state index contributed by atoms with van der Waals surface area (Å²) in [5, 5.41) is 2.37. The van der Waals surface area contributed by atoms with Crippen LogP contribution in [0.2, 0.25) is 0 Å². The summed E-state index contributed by atoms with van der Waals surface area (Å²) in [6.45, 7) is 0. The van der Waals surface area contributed by atoms with Crippen molar-refractivity contribution in [2.24, 2.45) is 0 Å².